The lowest BCUT2D eigenvalue weighted by atomic mass is 10.2. The molecule has 4 aromatic rings. The lowest BCUT2D eigenvalue weighted by Gasteiger charge is -2.05. The van der Waals surface area contributed by atoms with Crippen LogP contribution >= 0.6 is 11.6 Å². The summed E-state index contributed by atoms with van der Waals surface area (Å²) in [6, 6.07) is 14.8. The van der Waals surface area contributed by atoms with Crippen molar-refractivity contribution in [3.63, 3.8) is 0 Å². The van der Waals surface area contributed by atoms with Crippen molar-refractivity contribution >= 4 is 11.6 Å². The summed E-state index contributed by atoms with van der Waals surface area (Å²) >= 11 is 5.89. The van der Waals surface area contributed by atoms with Crippen molar-refractivity contribution in [2.75, 3.05) is 0 Å². The molecule has 0 N–H and O–H groups in total. The van der Waals surface area contributed by atoms with Gasteiger partial charge in [0.1, 0.15) is 12.1 Å². The highest BCUT2D eigenvalue weighted by atomic mass is 35.5. The average Bonchev–Trinajstić information content (AvgIpc) is 3.33. The molecule has 2 aromatic heterocycles. The zero-order valence-electron chi connectivity index (χ0n) is 12.9. The van der Waals surface area contributed by atoms with Crippen LogP contribution in [0.1, 0.15) is 5.89 Å². The minimum atomic E-state index is 0.215. The van der Waals surface area contributed by atoms with E-state index in [9.17, 15) is 0 Å². The Morgan fingerprint density at radius 3 is 2.80 bits per heavy atom. The van der Waals surface area contributed by atoms with Crippen LogP contribution in [0.2, 0.25) is 5.02 Å². The van der Waals surface area contributed by atoms with Crippen molar-refractivity contribution in [2.24, 2.45) is 0 Å². The molecule has 0 amide bonds. The van der Waals surface area contributed by atoms with E-state index in [2.05, 4.69) is 20.5 Å². The van der Waals surface area contributed by atoms with E-state index < -0.39 is 0 Å². The average molecular weight is 354 g/mol. The molecule has 0 radical (unpaired) electrons. The predicted octanol–water partition coefficient (Wildman–Crippen LogP) is 3.55. The Bertz CT molecular complexity index is 967. The minimum absolute atomic E-state index is 0.215. The number of ether oxygens (including phenoxy) is 1. The number of rotatable bonds is 5. The van der Waals surface area contributed by atoms with Crippen molar-refractivity contribution in [3.05, 3.63) is 72.0 Å². The molecule has 0 aliphatic rings. The Labute approximate surface area is 147 Å². The zero-order chi connectivity index (χ0) is 17.1. The molecule has 0 aliphatic heterocycles. The first-order valence-electron chi connectivity index (χ1n) is 7.45. The van der Waals surface area contributed by atoms with Crippen LogP contribution < -0.4 is 4.74 Å². The molecular formula is C17H12ClN5O2. The molecule has 25 heavy (non-hydrogen) atoms. The van der Waals surface area contributed by atoms with E-state index >= 15 is 0 Å². The van der Waals surface area contributed by atoms with Crippen molar-refractivity contribution in [1.82, 2.24) is 25.2 Å². The minimum Gasteiger partial charge on any atom is -0.484 e. The molecule has 4 rings (SSSR count). The predicted molar refractivity (Wildman–Crippen MR) is 90.4 cm³/mol. The van der Waals surface area contributed by atoms with Crippen LogP contribution in [0.5, 0.6) is 5.75 Å². The SMILES string of the molecule is Clc1ccc(-c2cnc(COc3cccc(-n4cnnn4)c3)o2)cc1. The van der Waals surface area contributed by atoms with Gasteiger partial charge in [0.2, 0.25) is 5.89 Å². The summed E-state index contributed by atoms with van der Waals surface area (Å²) in [5, 5.41) is 11.8. The fourth-order valence-electron chi connectivity index (χ4n) is 2.27. The number of hydrogen-bond acceptors (Lipinski definition) is 6. The summed E-state index contributed by atoms with van der Waals surface area (Å²) in [6.07, 6.45) is 3.19. The molecule has 0 fully saturated rings. The molecule has 0 saturated heterocycles. The van der Waals surface area contributed by atoms with E-state index in [1.165, 1.54) is 6.33 Å². The third kappa shape index (κ3) is 3.51. The number of benzene rings is 2. The van der Waals surface area contributed by atoms with Gasteiger partial charge < -0.3 is 9.15 Å². The lowest BCUT2D eigenvalue weighted by Crippen LogP contribution is -1.98. The Morgan fingerprint density at radius 1 is 1.12 bits per heavy atom. The van der Waals surface area contributed by atoms with Crippen LogP contribution in [-0.4, -0.2) is 25.2 Å². The Balaban J connectivity index is 1.45. The number of oxazole rings is 1. The monoisotopic (exact) mass is 353 g/mol. The van der Waals surface area contributed by atoms with Crippen molar-refractivity contribution in [3.8, 4) is 22.8 Å². The highest BCUT2D eigenvalue weighted by Gasteiger charge is 2.08. The van der Waals surface area contributed by atoms with Crippen LogP contribution in [0.15, 0.2) is 65.5 Å². The van der Waals surface area contributed by atoms with Gasteiger partial charge in [0.15, 0.2) is 12.4 Å². The van der Waals surface area contributed by atoms with Gasteiger partial charge in [0.05, 0.1) is 11.9 Å². The van der Waals surface area contributed by atoms with Crippen LogP contribution in [-0.2, 0) is 6.61 Å². The van der Waals surface area contributed by atoms with Gasteiger partial charge in [-0.2, -0.15) is 0 Å². The maximum absolute atomic E-state index is 5.89. The largest absolute Gasteiger partial charge is 0.484 e. The van der Waals surface area contributed by atoms with Crippen LogP contribution in [0.3, 0.4) is 0 Å². The topological polar surface area (TPSA) is 78.9 Å². The first-order chi connectivity index (χ1) is 12.3. The van der Waals surface area contributed by atoms with Gasteiger partial charge in [0.25, 0.3) is 0 Å². The summed E-state index contributed by atoms with van der Waals surface area (Å²) in [6.45, 7) is 0.215. The van der Waals surface area contributed by atoms with E-state index in [-0.39, 0.29) is 6.61 Å². The second-order valence-electron chi connectivity index (χ2n) is 5.17. The van der Waals surface area contributed by atoms with Crippen LogP contribution in [0.4, 0.5) is 0 Å². The van der Waals surface area contributed by atoms with E-state index in [0.717, 1.165) is 11.3 Å². The molecule has 124 valence electrons. The van der Waals surface area contributed by atoms with Crippen molar-refractivity contribution in [2.45, 2.75) is 6.61 Å². The summed E-state index contributed by atoms with van der Waals surface area (Å²) in [5.74, 6) is 1.81. The summed E-state index contributed by atoms with van der Waals surface area (Å²) < 4.78 is 13.0. The zero-order valence-corrected chi connectivity index (χ0v) is 13.7. The molecule has 0 atom stereocenters. The fourth-order valence-corrected chi connectivity index (χ4v) is 2.39. The van der Waals surface area contributed by atoms with Crippen LogP contribution in [0.25, 0.3) is 17.0 Å². The second kappa shape index (κ2) is 6.74. The number of hydrogen-bond donors (Lipinski definition) is 0. The van der Waals surface area contributed by atoms with Gasteiger partial charge >= 0.3 is 0 Å². The molecule has 0 spiro atoms. The third-order valence-corrected chi connectivity index (χ3v) is 3.73. The van der Waals surface area contributed by atoms with Gasteiger partial charge in [0, 0.05) is 16.7 Å². The van der Waals surface area contributed by atoms with E-state index in [0.29, 0.717) is 22.4 Å². The van der Waals surface area contributed by atoms with Crippen molar-refractivity contribution in [1.29, 1.82) is 0 Å². The summed E-state index contributed by atoms with van der Waals surface area (Å²) in [5.41, 5.74) is 1.71. The van der Waals surface area contributed by atoms with Gasteiger partial charge in [-0.15, -0.1) is 5.10 Å². The Hall–Kier alpha value is -3.19. The number of aromatic nitrogens is 5. The lowest BCUT2D eigenvalue weighted by molar-refractivity contribution is 0.264. The molecule has 2 heterocycles. The van der Waals surface area contributed by atoms with E-state index in [1.54, 1.807) is 23.0 Å². The molecule has 8 heteroatoms. The first-order valence-corrected chi connectivity index (χ1v) is 7.82. The second-order valence-corrected chi connectivity index (χ2v) is 5.60. The third-order valence-electron chi connectivity index (χ3n) is 3.48. The van der Waals surface area contributed by atoms with Crippen molar-refractivity contribution < 1.29 is 9.15 Å². The van der Waals surface area contributed by atoms with Gasteiger partial charge in [-0.3, -0.25) is 0 Å². The quantitative estimate of drug-likeness (QED) is 0.546. The maximum Gasteiger partial charge on any atom is 0.232 e. The van der Waals surface area contributed by atoms with E-state index in [4.69, 9.17) is 20.8 Å². The summed E-state index contributed by atoms with van der Waals surface area (Å²) in [7, 11) is 0. The highest BCUT2D eigenvalue weighted by molar-refractivity contribution is 6.30. The smallest absolute Gasteiger partial charge is 0.232 e. The molecular weight excluding hydrogens is 342 g/mol. The molecule has 2 aromatic carbocycles. The van der Waals surface area contributed by atoms with Gasteiger partial charge in [-0.1, -0.05) is 17.7 Å². The fraction of sp³-hybridized carbons (Fsp3) is 0.0588. The van der Waals surface area contributed by atoms with Gasteiger partial charge in [-0.25, -0.2) is 9.67 Å². The number of tetrazole rings is 1. The van der Waals surface area contributed by atoms with Crippen LogP contribution in [0, 0.1) is 0 Å². The standard InChI is InChI=1S/C17H12ClN5O2/c18-13-6-4-12(5-7-13)16-9-19-17(25-16)10-24-15-3-1-2-14(8-15)23-11-20-21-22-23/h1-9,11H,10H2. The molecule has 0 bridgehead atoms. The van der Waals surface area contributed by atoms with E-state index in [1.807, 2.05) is 36.4 Å². The molecule has 0 saturated carbocycles. The highest BCUT2D eigenvalue weighted by Crippen LogP contribution is 2.23. The Morgan fingerprint density at radius 2 is 2.00 bits per heavy atom. The molecule has 0 aliphatic carbocycles. The molecule has 7 nitrogen and oxygen atoms in total. The number of nitrogens with zero attached hydrogens (tertiary/aromatic N) is 5. The number of halogens is 1. The van der Waals surface area contributed by atoms with Gasteiger partial charge in [-0.05, 0) is 46.8 Å². The molecule has 0 unspecified atom stereocenters. The normalized spacial score (nSPS) is 10.8. The first kappa shape index (κ1) is 15.3. The maximum atomic E-state index is 5.89. The summed E-state index contributed by atoms with van der Waals surface area (Å²) in [4.78, 5) is 4.24. The Kier molecular flexibility index (Phi) is 4.14.